The first-order valence-corrected chi connectivity index (χ1v) is 6.71. The van der Waals surface area contributed by atoms with Crippen LogP contribution in [0.5, 0.6) is 0 Å². The number of benzene rings is 1. The van der Waals surface area contributed by atoms with Crippen molar-refractivity contribution in [1.82, 2.24) is 20.0 Å². The van der Waals surface area contributed by atoms with Crippen LogP contribution in [-0.4, -0.2) is 20.0 Å². The van der Waals surface area contributed by atoms with E-state index in [1.165, 1.54) is 12.3 Å². The molecule has 0 radical (unpaired) electrons. The molecule has 2 aromatic heterocycles. The molecular formula is C10H3BrF4N4S. The SMILES string of the molecule is Fc1cc(Br)cc2c1cnn2-c1nnc(C(F)(F)F)s1. The molecule has 0 saturated heterocycles. The molecule has 0 spiro atoms. The van der Waals surface area contributed by atoms with E-state index in [0.717, 1.165) is 4.68 Å². The van der Waals surface area contributed by atoms with Crippen LogP contribution >= 0.6 is 27.3 Å². The highest BCUT2D eigenvalue weighted by molar-refractivity contribution is 9.10. The largest absolute Gasteiger partial charge is 0.445 e. The Kier molecular flexibility index (Phi) is 3.01. The molecule has 0 aliphatic carbocycles. The molecule has 1 aromatic carbocycles. The summed E-state index contributed by atoms with van der Waals surface area (Å²) in [5.74, 6) is -0.527. The summed E-state index contributed by atoms with van der Waals surface area (Å²) in [5, 5.41) is 9.41. The van der Waals surface area contributed by atoms with Gasteiger partial charge in [-0.05, 0) is 12.1 Å². The minimum absolute atomic E-state index is 0.0789. The first kappa shape index (κ1) is 13.4. The van der Waals surface area contributed by atoms with E-state index >= 15 is 0 Å². The van der Waals surface area contributed by atoms with Crippen molar-refractivity contribution < 1.29 is 17.6 Å². The molecule has 0 aliphatic heterocycles. The van der Waals surface area contributed by atoms with E-state index < -0.39 is 17.0 Å². The van der Waals surface area contributed by atoms with Gasteiger partial charge in [0.25, 0.3) is 0 Å². The Morgan fingerprint density at radius 2 is 1.95 bits per heavy atom. The van der Waals surface area contributed by atoms with E-state index in [1.807, 2.05) is 0 Å². The predicted octanol–water partition coefficient (Wildman–Crippen LogP) is 3.80. The van der Waals surface area contributed by atoms with Gasteiger partial charge in [-0.2, -0.15) is 18.3 Å². The van der Waals surface area contributed by atoms with Gasteiger partial charge in [0.15, 0.2) is 0 Å². The molecule has 0 aliphatic rings. The van der Waals surface area contributed by atoms with E-state index in [0.29, 0.717) is 21.3 Å². The highest BCUT2D eigenvalue weighted by Crippen LogP contribution is 2.33. The van der Waals surface area contributed by atoms with Gasteiger partial charge >= 0.3 is 6.18 Å². The Hall–Kier alpha value is -1.55. The van der Waals surface area contributed by atoms with Crippen molar-refractivity contribution in [3.8, 4) is 5.13 Å². The molecule has 0 amide bonds. The van der Waals surface area contributed by atoms with Crippen molar-refractivity contribution in [2.45, 2.75) is 6.18 Å². The smallest absolute Gasteiger partial charge is 0.206 e. The van der Waals surface area contributed by atoms with Crippen LogP contribution in [0, 0.1) is 5.82 Å². The Morgan fingerprint density at radius 1 is 1.20 bits per heavy atom. The lowest BCUT2D eigenvalue weighted by Crippen LogP contribution is -2.03. The zero-order valence-electron chi connectivity index (χ0n) is 9.32. The average Bonchev–Trinajstić information content (AvgIpc) is 2.92. The molecule has 0 fully saturated rings. The highest BCUT2D eigenvalue weighted by atomic mass is 79.9. The second-order valence-corrected chi connectivity index (χ2v) is 5.64. The lowest BCUT2D eigenvalue weighted by Gasteiger charge is -1.99. The predicted molar refractivity (Wildman–Crippen MR) is 67.2 cm³/mol. The van der Waals surface area contributed by atoms with Gasteiger partial charge in [-0.3, -0.25) is 0 Å². The minimum Gasteiger partial charge on any atom is -0.206 e. The number of hydrogen-bond donors (Lipinski definition) is 0. The fourth-order valence-electron chi connectivity index (χ4n) is 1.62. The first-order valence-electron chi connectivity index (χ1n) is 5.10. The van der Waals surface area contributed by atoms with Gasteiger partial charge in [0.05, 0.1) is 17.1 Å². The molecule has 20 heavy (non-hydrogen) atoms. The van der Waals surface area contributed by atoms with E-state index in [9.17, 15) is 17.6 Å². The number of aromatic nitrogens is 4. The molecule has 2 heterocycles. The second-order valence-electron chi connectivity index (χ2n) is 3.76. The molecule has 0 atom stereocenters. The third-order valence-corrected chi connectivity index (χ3v) is 3.84. The maximum atomic E-state index is 13.7. The van der Waals surface area contributed by atoms with E-state index in [-0.39, 0.29) is 10.5 Å². The van der Waals surface area contributed by atoms with Crippen LogP contribution in [0.1, 0.15) is 5.01 Å². The summed E-state index contributed by atoms with van der Waals surface area (Å²) in [5.41, 5.74) is 0.307. The first-order chi connectivity index (χ1) is 9.36. The summed E-state index contributed by atoms with van der Waals surface area (Å²) in [7, 11) is 0. The lowest BCUT2D eigenvalue weighted by atomic mass is 10.2. The van der Waals surface area contributed by atoms with E-state index in [1.54, 1.807) is 6.07 Å². The molecule has 104 valence electrons. The van der Waals surface area contributed by atoms with Crippen molar-refractivity contribution in [3.63, 3.8) is 0 Å². The minimum atomic E-state index is -4.56. The Balaban J connectivity index is 2.18. The quantitative estimate of drug-likeness (QED) is 0.615. The third kappa shape index (κ3) is 2.18. The van der Waals surface area contributed by atoms with Gasteiger partial charge in [0.1, 0.15) is 5.82 Å². The Bertz CT molecular complexity index is 794. The number of nitrogens with zero attached hydrogens (tertiary/aromatic N) is 4. The van der Waals surface area contributed by atoms with Gasteiger partial charge in [-0.1, -0.05) is 27.3 Å². The topological polar surface area (TPSA) is 43.6 Å². The van der Waals surface area contributed by atoms with Crippen molar-refractivity contribution in [3.05, 3.63) is 33.6 Å². The summed E-state index contributed by atoms with van der Waals surface area (Å²) in [6, 6.07) is 2.79. The monoisotopic (exact) mass is 366 g/mol. The zero-order chi connectivity index (χ0) is 14.5. The fourth-order valence-corrected chi connectivity index (χ4v) is 2.72. The van der Waals surface area contributed by atoms with Crippen LogP contribution < -0.4 is 0 Å². The number of halogens is 5. The molecule has 0 bridgehead atoms. The van der Waals surface area contributed by atoms with E-state index in [4.69, 9.17) is 0 Å². The van der Waals surface area contributed by atoms with Gasteiger partial charge in [-0.25, -0.2) is 9.07 Å². The third-order valence-electron chi connectivity index (χ3n) is 2.44. The van der Waals surface area contributed by atoms with E-state index in [2.05, 4.69) is 31.2 Å². The van der Waals surface area contributed by atoms with Crippen molar-refractivity contribution >= 4 is 38.2 Å². The van der Waals surface area contributed by atoms with Crippen molar-refractivity contribution in [2.75, 3.05) is 0 Å². The average molecular weight is 367 g/mol. The van der Waals surface area contributed by atoms with Gasteiger partial charge < -0.3 is 0 Å². The summed E-state index contributed by atoms with van der Waals surface area (Å²) in [6.07, 6.45) is -3.34. The maximum Gasteiger partial charge on any atom is 0.445 e. The molecule has 3 aromatic rings. The molecular weight excluding hydrogens is 364 g/mol. The Labute approximate surface area is 121 Å². The van der Waals surface area contributed by atoms with Crippen LogP contribution in [0.25, 0.3) is 16.0 Å². The maximum absolute atomic E-state index is 13.7. The number of hydrogen-bond acceptors (Lipinski definition) is 4. The zero-order valence-corrected chi connectivity index (χ0v) is 11.7. The molecule has 10 heteroatoms. The Morgan fingerprint density at radius 3 is 2.60 bits per heavy atom. The molecule has 0 unspecified atom stereocenters. The van der Waals surface area contributed by atoms with Gasteiger partial charge in [0.2, 0.25) is 10.1 Å². The molecule has 0 N–H and O–H groups in total. The van der Waals surface area contributed by atoms with Gasteiger partial charge in [0, 0.05) is 4.47 Å². The number of alkyl halides is 3. The fraction of sp³-hybridized carbons (Fsp3) is 0.100. The lowest BCUT2D eigenvalue weighted by molar-refractivity contribution is -0.138. The number of fused-ring (bicyclic) bond motifs is 1. The number of rotatable bonds is 1. The highest BCUT2D eigenvalue weighted by Gasteiger charge is 2.36. The normalized spacial score (nSPS) is 12.2. The summed E-state index contributed by atoms with van der Waals surface area (Å²) < 4.78 is 52.7. The van der Waals surface area contributed by atoms with Crippen molar-refractivity contribution in [1.29, 1.82) is 0 Å². The van der Waals surface area contributed by atoms with Crippen LogP contribution in [0.2, 0.25) is 0 Å². The van der Waals surface area contributed by atoms with Crippen LogP contribution in [-0.2, 0) is 6.18 Å². The summed E-state index contributed by atoms with van der Waals surface area (Å²) in [4.78, 5) is 0. The molecule has 4 nitrogen and oxygen atoms in total. The summed E-state index contributed by atoms with van der Waals surface area (Å²) >= 11 is 3.46. The van der Waals surface area contributed by atoms with Crippen LogP contribution in [0.3, 0.4) is 0 Å². The molecule has 3 rings (SSSR count). The van der Waals surface area contributed by atoms with Gasteiger partial charge in [-0.15, -0.1) is 10.2 Å². The molecule has 0 saturated carbocycles. The van der Waals surface area contributed by atoms with Crippen LogP contribution in [0.15, 0.2) is 22.8 Å². The second kappa shape index (κ2) is 4.48. The summed E-state index contributed by atoms with van der Waals surface area (Å²) in [6.45, 7) is 0. The standard InChI is InChI=1S/C10H3BrF4N4S/c11-4-1-6(12)5-3-16-19(7(5)2-4)9-18-17-8(20-9)10(13,14)15/h1-3H. The van der Waals surface area contributed by atoms with Crippen molar-refractivity contribution in [2.24, 2.45) is 0 Å². The van der Waals surface area contributed by atoms with Crippen LogP contribution in [0.4, 0.5) is 17.6 Å².